The molecule has 0 saturated carbocycles. The van der Waals surface area contributed by atoms with Crippen LogP contribution in [0.2, 0.25) is 10.0 Å². The molecule has 0 heterocycles. The molecule has 2 aliphatic rings. The average Bonchev–Trinajstić information content (AvgIpc) is 3.94. The van der Waals surface area contributed by atoms with Gasteiger partial charge in [0.2, 0.25) is 0 Å². The Bertz CT molecular complexity index is 3170. The van der Waals surface area contributed by atoms with E-state index in [0.29, 0.717) is 0 Å². The van der Waals surface area contributed by atoms with Crippen molar-refractivity contribution in [2.75, 3.05) is 0 Å². The van der Waals surface area contributed by atoms with Gasteiger partial charge < -0.3 is 0 Å². The standard InChI is InChI=1S/C33H33.2C10H6Cl.C5H5.CH2.Zr/c1-32(2,3)30-20-26-24(18-28(30)22-13-9-7-10-14-22)17-25-19-29(23-15-11-8-12-16-23)31(21-27(25)26)33(4,5)6;2*11-10-6-5-8-3-1-2-4-9(8)7-10;1-2-4-5-3-1;;/h7-16,18,20-21H,17H2,1-6H3;2*1-4,6-7H;1-3H,4H2;1H2;. The van der Waals surface area contributed by atoms with Crippen LogP contribution in [-0.4, -0.2) is 4.21 Å². The number of hydrogen-bond donors (Lipinski definition) is 0. The summed E-state index contributed by atoms with van der Waals surface area (Å²) in [6, 6.07) is 56.2. The van der Waals surface area contributed by atoms with E-state index in [2.05, 4.69) is 211 Å². The Morgan fingerprint density at radius 1 is 0.532 bits per heavy atom. The first kappa shape index (κ1) is 41.1. The van der Waals surface area contributed by atoms with Crippen LogP contribution in [0, 0.1) is 0 Å². The molecule has 2 aliphatic carbocycles. The van der Waals surface area contributed by atoms with Crippen LogP contribution in [0.15, 0.2) is 173 Å². The molecule has 0 unspecified atom stereocenters. The SMILES string of the molecule is [CH2]=[Zr]([C]1=CC=CC1)([c]1c2c(cc(C(C)(C)C)c1-c1ccccc1)-c1cc(C(C)(C)C)c(-c3ccccc3)cc1C2)([c]1cc(Cl)cc2ccccc12)[c]1cc(Cl)cc2ccccc12. The quantitative estimate of drug-likeness (QED) is 0.156. The van der Waals surface area contributed by atoms with E-state index in [4.69, 9.17) is 27.4 Å². The summed E-state index contributed by atoms with van der Waals surface area (Å²) in [7, 11) is 0. The Kier molecular flexibility index (Phi) is 9.85. The first-order chi connectivity index (χ1) is 29.7. The van der Waals surface area contributed by atoms with Gasteiger partial charge in [-0.3, -0.25) is 0 Å². The monoisotopic (exact) mass is 920 g/mol. The molecule has 0 fully saturated rings. The summed E-state index contributed by atoms with van der Waals surface area (Å²) in [5.74, 6) is 0. The summed E-state index contributed by atoms with van der Waals surface area (Å²) in [6.45, 7) is 14.2. The van der Waals surface area contributed by atoms with E-state index in [9.17, 15) is 0 Å². The van der Waals surface area contributed by atoms with Crippen molar-refractivity contribution in [1.82, 2.24) is 0 Å². The fourth-order valence-electron chi connectivity index (χ4n) is 11.2. The van der Waals surface area contributed by atoms with Gasteiger partial charge in [-0.25, -0.2) is 0 Å². The summed E-state index contributed by atoms with van der Waals surface area (Å²) in [6.07, 6.45) is 8.59. The van der Waals surface area contributed by atoms with Crippen LogP contribution in [0.5, 0.6) is 0 Å². The second kappa shape index (κ2) is 14.8. The van der Waals surface area contributed by atoms with E-state index in [-0.39, 0.29) is 10.8 Å². The molecular weight excluding hydrogens is 871 g/mol. The van der Waals surface area contributed by atoms with Crippen LogP contribution in [0.1, 0.15) is 70.2 Å². The fraction of sp³-hybridized carbons (Fsp3) is 0.169. The molecule has 8 aromatic rings. The summed E-state index contributed by atoms with van der Waals surface area (Å²) in [5, 5.41) is 6.06. The number of halogens is 2. The predicted octanol–water partition coefficient (Wildman–Crippen LogP) is 15.0. The van der Waals surface area contributed by atoms with Crippen molar-refractivity contribution < 1.29 is 18.3 Å². The van der Waals surface area contributed by atoms with E-state index < -0.39 is 18.3 Å². The molecule has 3 heteroatoms. The van der Waals surface area contributed by atoms with Gasteiger partial charge in [0.1, 0.15) is 0 Å². The maximum absolute atomic E-state index is 7.45. The Balaban J connectivity index is 1.51. The number of allylic oxidation sites excluding steroid dienone is 4. The van der Waals surface area contributed by atoms with E-state index in [1.54, 1.807) is 0 Å². The minimum atomic E-state index is -5.78. The normalized spacial score (nSPS) is 14.0. The van der Waals surface area contributed by atoms with Crippen molar-refractivity contribution in [3.05, 3.63) is 205 Å². The van der Waals surface area contributed by atoms with Crippen LogP contribution in [-0.2, 0) is 35.5 Å². The molecule has 0 aromatic heterocycles. The second-order valence-corrected chi connectivity index (χ2v) is 33.3. The summed E-state index contributed by atoms with van der Waals surface area (Å²) >= 11 is 9.13. The van der Waals surface area contributed by atoms with Gasteiger partial charge in [-0.2, -0.15) is 0 Å². The number of rotatable bonds is 6. The van der Waals surface area contributed by atoms with Gasteiger partial charge in [0, 0.05) is 0 Å². The second-order valence-electron chi connectivity index (χ2n) is 19.8. The molecule has 0 bridgehead atoms. The van der Waals surface area contributed by atoms with Crippen LogP contribution in [0.25, 0.3) is 54.9 Å². The Hall–Kier alpha value is -4.91. The Morgan fingerprint density at radius 3 is 1.58 bits per heavy atom. The van der Waals surface area contributed by atoms with Crippen molar-refractivity contribution in [2.24, 2.45) is 0 Å². The van der Waals surface area contributed by atoms with Gasteiger partial charge >= 0.3 is 381 Å². The van der Waals surface area contributed by atoms with Crippen molar-refractivity contribution in [2.45, 2.75) is 65.2 Å². The third-order valence-electron chi connectivity index (χ3n) is 14.0. The third kappa shape index (κ3) is 6.29. The molecule has 306 valence electrons. The summed E-state index contributed by atoms with van der Waals surface area (Å²) < 4.78 is 11.4. The molecular formula is C59H52Cl2Zr. The minimum absolute atomic E-state index is 0.0984. The van der Waals surface area contributed by atoms with Gasteiger partial charge in [-0.05, 0) is 0 Å². The molecule has 0 atom stereocenters. The van der Waals surface area contributed by atoms with Gasteiger partial charge in [0.15, 0.2) is 0 Å². The van der Waals surface area contributed by atoms with Crippen molar-refractivity contribution in [1.29, 1.82) is 0 Å². The molecule has 8 aromatic carbocycles. The van der Waals surface area contributed by atoms with Crippen LogP contribution in [0.3, 0.4) is 0 Å². The zero-order valence-electron chi connectivity index (χ0n) is 36.5. The zero-order chi connectivity index (χ0) is 43.2. The van der Waals surface area contributed by atoms with E-state index in [1.165, 1.54) is 79.5 Å². The van der Waals surface area contributed by atoms with Gasteiger partial charge in [0.25, 0.3) is 0 Å². The topological polar surface area (TPSA) is 0 Å². The molecule has 0 amide bonds. The van der Waals surface area contributed by atoms with Crippen LogP contribution in [0.4, 0.5) is 0 Å². The van der Waals surface area contributed by atoms with Crippen molar-refractivity contribution >= 4 is 58.8 Å². The van der Waals surface area contributed by atoms with Crippen molar-refractivity contribution in [3.63, 3.8) is 0 Å². The number of hydrogen-bond acceptors (Lipinski definition) is 0. The first-order valence-electron chi connectivity index (χ1n) is 21.9. The molecule has 0 nitrogen and oxygen atoms in total. The molecule has 0 radical (unpaired) electrons. The molecule has 0 spiro atoms. The average molecular weight is 923 g/mol. The zero-order valence-corrected chi connectivity index (χ0v) is 40.5. The fourth-order valence-corrected chi connectivity index (χ4v) is 29.8. The van der Waals surface area contributed by atoms with E-state index in [1.807, 2.05) is 0 Å². The molecule has 0 saturated heterocycles. The molecule has 10 rings (SSSR count). The van der Waals surface area contributed by atoms with Gasteiger partial charge in [0.05, 0.1) is 0 Å². The molecule has 0 N–H and O–H groups in total. The number of benzene rings is 8. The summed E-state index contributed by atoms with van der Waals surface area (Å²) in [4.78, 5) is 0. The van der Waals surface area contributed by atoms with Gasteiger partial charge in [-0.1, -0.05) is 0 Å². The predicted molar refractivity (Wildman–Crippen MR) is 269 cm³/mol. The molecule has 0 aliphatic heterocycles. The Labute approximate surface area is 378 Å². The molecule has 62 heavy (non-hydrogen) atoms. The van der Waals surface area contributed by atoms with Crippen LogP contribution >= 0.6 is 23.2 Å². The number of fused-ring (bicyclic) bond motifs is 5. The van der Waals surface area contributed by atoms with E-state index in [0.717, 1.165) is 33.7 Å². The third-order valence-corrected chi connectivity index (χ3v) is 30.8. The Morgan fingerprint density at radius 2 is 1.05 bits per heavy atom. The first-order valence-corrected chi connectivity index (χ1v) is 29.3. The summed E-state index contributed by atoms with van der Waals surface area (Å²) in [5.41, 5.74) is 12.8. The van der Waals surface area contributed by atoms with E-state index >= 15 is 0 Å². The van der Waals surface area contributed by atoms with Crippen LogP contribution < -0.4 is 9.81 Å². The van der Waals surface area contributed by atoms with Gasteiger partial charge in [-0.15, -0.1) is 0 Å². The maximum atomic E-state index is 7.45. The van der Waals surface area contributed by atoms with Crippen molar-refractivity contribution in [3.8, 4) is 33.4 Å².